The third kappa shape index (κ3) is 5.19. The molecule has 1 aromatic carbocycles. The van der Waals surface area contributed by atoms with Crippen LogP contribution in [-0.4, -0.2) is 20.2 Å². The summed E-state index contributed by atoms with van der Waals surface area (Å²) in [4.78, 5) is 0. The predicted octanol–water partition coefficient (Wildman–Crippen LogP) is 3.40. The number of hydrogen-bond donors (Lipinski definition) is 1. The summed E-state index contributed by atoms with van der Waals surface area (Å²) in [5.41, 5.74) is 2.73. The van der Waals surface area contributed by atoms with Crippen LogP contribution in [0.3, 0.4) is 0 Å². The van der Waals surface area contributed by atoms with E-state index in [2.05, 4.69) is 43.4 Å². The summed E-state index contributed by atoms with van der Waals surface area (Å²) in [6, 6.07) is 8.58. The van der Waals surface area contributed by atoms with Crippen LogP contribution in [0.15, 0.2) is 24.3 Å². The Hall–Kier alpha value is -0.860. The van der Waals surface area contributed by atoms with Crippen molar-refractivity contribution in [2.75, 3.05) is 20.2 Å². The monoisotopic (exact) mass is 249 g/mol. The summed E-state index contributed by atoms with van der Waals surface area (Å²) >= 11 is 0. The molecule has 2 heteroatoms. The normalized spacial score (nSPS) is 11.1. The van der Waals surface area contributed by atoms with Gasteiger partial charge in [-0.2, -0.15) is 0 Å². The highest BCUT2D eigenvalue weighted by atomic mass is 16.5. The average molecular weight is 249 g/mol. The van der Waals surface area contributed by atoms with Gasteiger partial charge < -0.3 is 10.1 Å². The highest BCUT2D eigenvalue weighted by Crippen LogP contribution is 2.13. The van der Waals surface area contributed by atoms with Crippen LogP contribution in [0.4, 0.5) is 0 Å². The van der Waals surface area contributed by atoms with E-state index in [4.69, 9.17) is 4.74 Å². The highest BCUT2D eigenvalue weighted by molar-refractivity contribution is 5.26. The molecule has 0 aliphatic heterocycles. The smallest absolute Gasteiger partial charge is 0.0719 e. The molecule has 0 aliphatic carbocycles. The summed E-state index contributed by atoms with van der Waals surface area (Å²) in [5, 5.41) is 3.20. The van der Waals surface area contributed by atoms with Crippen molar-refractivity contribution < 1.29 is 4.74 Å². The number of nitrogens with one attached hydrogen (secondary N) is 1. The first-order valence-electron chi connectivity index (χ1n) is 7.10. The van der Waals surface area contributed by atoms with Gasteiger partial charge in [-0.3, -0.25) is 0 Å². The Bertz CT molecular complexity index is 321. The third-order valence-corrected chi connectivity index (χ3v) is 3.53. The van der Waals surface area contributed by atoms with Gasteiger partial charge >= 0.3 is 0 Å². The Morgan fingerprint density at radius 2 is 1.78 bits per heavy atom. The van der Waals surface area contributed by atoms with E-state index in [0.29, 0.717) is 5.92 Å². The van der Waals surface area contributed by atoms with Gasteiger partial charge in [-0.1, -0.05) is 51.0 Å². The maximum atomic E-state index is 5.86. The van der Waals surface area contributed by atoms with Crippen LogP contribution < -0.4 is 5.32 Å². The minimum absolute atomic E-state index is 0.703. The van der Waals surface area contributed by atoms with E-state index in [1.807, 2.05) is 7.05 Å². The topological polar surface area (TPSA) is 21.3 Å². The SMILES string of the molecule is CCC(CC)COCc1ccccc1CCNC. The van der Waals surface area contributed by atoms with Crippen molar-refractivity contribution in [3.63, 3.8) is 0 Å². The van der Waals surface area contributed by atoms with Gasteiger partial charge in [-0.05, 0) is 37.1 Å². The van der Waals surface area contributed by atoms with Crippen LogP contribution in [0.5, 0.6) is 0 Å². The van der Waals surface area contributed by atoms with Crippen molar-refractivity contribution in [3.8, 4) is 0 Å². The molecule has 0 aromatic heterocycles. The molecule has 0 heterocycles. The van der Waals surface area contributed by atoms with E-state index in [-0.39, 0.29) is 0 Å². The maximum absolute atomic E-state index is 5.86. The van der Waals surface area contributed by atoms with E-state index in [1.54, 1.807) is 0 Å². The number of rotatable bonds is 9. The molecule has 1 aromatic rings. The molecule has 102 valence electrons. The zero-order valence-electron chi connectivity index (χ0n) is 12.0. The van der Waals surface area contributed by atoms with Gasteiger partial charge in [-0.25, -0.2) is 0 Å². The zero-order chi connectivity index (χ0) is 13.2. The van der Waals surface area contributed by atoms with Crippen molar-refractivity contribution in [3.05, 3.63) is 35.4 Å². The summed E-state index contributed by atoms with van der Waals surface area (Å²) < 4.78 is 5.86. The molecule has 0 saturated heterocycles. The molecule has 0 aliphatic rings. The lowest BCUT2D eigenvalue weighted by Crippen LogP contribution is -2.12. The fraction of sp³-hybridized carbons (Fsp3) is 0.625. The van der Waals surface area contributed by atoms with Crippen molar-refractivity contribution >= 4 is 0 Å². The van der Waals surface area contributed by atoms with Gasteiger partial charge in [0.1, 0.15) is 0 Å². The molecule has 0 saturated carbocycles. The minimum atomic E-state index is 0.703. The first-order valence-corrected chi connectivity index (χ1v) is 7.10. The number of hydrogen-bond acceptors (Lipinski definition) is 2. The number of ether oxygens (including phenoxy) is 1. The van der Waals surface area contributed by atoms with E-state index in [0.717, 1.165) is 26.2 Å². The molecule has 0 radical (unpaired) electrons. The lowest BCUT2D eigenvalue weighted by atomic mass is 10.0. The van der Waals surface area contributed by atoms with Crippen LogP contribution in [0.2, 0.25) is 0 Å². The van der Waals surface area contributed by atoms with Crippen LogP contribution >= 0.6 is 0 Å². The molecule has 0 fully saturated rings. The predicted molar refractivity (Wildman–Crippen MR) is 77.8 cm³/mol. The van der Waals surface area contributed by atoms with Gasteiger partial charge in [0, 0.05) is 6.61 Å². The standard InChI is InChI=1S/C16H27NO/c1-4-14(5-2)12-18-13-16-9-7-6-8-15(16)10-11-17-3/h6-9,14,17H,4-5,10-13H2,1-3H3. The average Bonchev–Trinajstić information content (AvgIpc) is 2.42. The second-order valence-electron chi connectivity index (χ2n) is 4.82. The molecular formula is C16H27NO. The molecule has 18 heavy (non-hydrogen) atoms. The third-order valence-electron chi connectivity index (χ3n) is 3.53. The number of benzene rings is 1. The molecular weight excluding hydrogens is 222 g/mol. The largest absolute Gasteiger partial charge is 0.376 e. The van der Waals surface area contributed by atoms with Crippen LogP contribution in [0, 0.1) is 5.92 Å². The molecule has 1 rings (SSSR count). The summed E-state index contributed by atoms with van der Waals surface area (Å²) in [6.45, 7) is 7.12. The van der Waals surface area contributed by atoms with Crippen LogP contribution in [0.25, 0.3) is 0 Å². The van der Waals surface area contributed by atoms with Crippen molar-refractivity contribution in [2.24, 2.45) is 5.92 Å². The Morgan fingerprint density at radius 3 is 2.39 bits per heavy atom. The molecule has 0 spiro atoms. The molecule has 0 amide bonds. The second kappa shape index (κ2) is 9.12. The van der Waals surface area contributed by atoms with Crippen molar-refractivity contribution in [1.29, 1.82) is 0 Å². The fourth-order valence-corrected chi connectivity index (χ4v) is 2.06. The molecule has 0 atom stereocenters. The van der Waals surface area contributed by atoms with Gasteiger partial charge in [0.05, 0.1) is 6.61 Å². The summed E-state index contributed by atoms with van der Waals surface area (Å²) in [5.74, 6) is 0.703. The van der Waals surface area contributed by atoms with Crippen molar-refractivity contribution in [2.45, 2.75) is 39.7 Å². The minimum Gasteiger partial charge on any atom is -0.376 e. The summed E-state index contributed by atoms with van der Waals surface area (Å²) in [6.07, 6.45) is 3.48. The van der Waals surface area contributed by atoms with E-state index in [9.17, 15) is 0 Å². The molecule has 0 unspecified atom stereocenters. The molecule has 1 N–H and O–H groups in total. The first-order chi connectivity index (χ1) is 8.81. The second-order valence-corrected chi connectivity index (χ2v) is 4.82. The van der Waals surface area contributed by atoms with Gasteiger partial charge in [0.15, 0.2) is 0 Å². The maximum Gasteiger partial charge on any atom is 0.0719 e. The van der Waals surface area contributed by atoms with E-state index >= 15 is 0 Å². The van der Waals surface area contributed by atoms with Crippen LogP contribution in [-0.2, 0) is 17.8 Å². The van der Waals surface area contributed by atoms with Gasteiger partial charge in [0.2, 0.25) is 0 Å². The summed E-state index contributed by atoms with van der Waals surface area (Å²) in [7, 11) is 1.99. The van der Waals surface area contributed by atoms with Gasteiger partial charge in [0.25, 0.3) is 0 Å². The lowest BCUT2D eigenvalue weighted by molar-refractivity contribution is 0.0839. The first kappa shape index (κ1) is 15.2. The molecule has 2 nitrogen and oxygen atoms in total. The molecule has 0 bridgehead atoms. The van der Waals surface area contributed by atoms with Crippen LogP contribution in [0.1, 0.15) is 37.8 Å². The number of likely N-dealkylation sites (N-methyl/N-ethyl adjacent to an activating group) is 1. The Kier molecular flexibility index (Phi) is 7.70. The van der Waals surface area contributed by atoms with Gasteiger partial charge in [-0.15, -0.1) is 0 Å². The van der Waals surface area contributed by atoms with Crippen molar-refractivity contribution in [1.82, 2.24) is 5.32 Å². The zero-order valence-corrected chi connectivity index (χ0v) is 12.0. The Morgan fingerprint density at radius 1 is 1.11 bits per heavy atom. The van der Waals surface area contributed by atoms with E-state index in [1.165, 1.54) is 24.0 Å². The van der Waals surface area contributed by atoms with E-state index < -0.39 is 0 Å². The quantitative estimate of drug-likeness (QED) is 0.724. The fourth-order valence-electron chi connectivity index (χ4n) is 2.06. The lowest BCUT2D eigenvalue weighted by Gasteiger charge is -2.14. The highest BCUT2D eigenvalue weighted by Gasteiger charge is 2.05. The Balaban J connectivity index is 2.45. The Labute approximate surface area is 112 Å².